The molecule has 0 fully saturated rings. The summed E-state index contributed by atoms with van der Waals surface area (Å²) in [5.41, 5.74) is 2.38. The first-order chi connectivity index (χ1) is 6.74. The molecule has 0 amide bonds. The van der Waals surface area contributed by atoms with Crippen LogP contribution in [0.5, 0.6) is 0 Å². The van der Waals surface area contributed by atoms with Gasteiger partial charge in [0.15, 0.2) is 5.82 Å². The number of nitrogens with one attached hydrogen (secondary N) is 1. The lowest BCUT2D eigenvalue weighted by Gasteiger charge is -2.02. The molecule has 6 heteroatoms. The number of carboxylic acids is 1. The highest BCUT2D eigenvalue weighted by atomic mass is 16.6. The summed E-state index contributed by atoms with van der Waals surface area (Å²) < 4.78 is 0. The van der Waals surface area contributed by atoms with Crippen molar-refractivity contribution in [2.45, 2.75) is 0 Å². The van der Waals surface area contributed by atoms with Crippen LogP contribution in [-0.2, 0) is 4.84 Å². The van der Waals surface area contributed by atoms with Crippen molar-refractivity contribution in [1.29, 1.82) is 0 Å². The van der Waals surface area contributed by atoms with Crippen molar-refractivity contribution in [2.24, 2.45) is 0 Å². The number of carboxylic acid groups (broad SMARTS) is 1. The normalized spacial score (nSPS) is 9.07. The third-order valence-electron chi connectivity index (χ3n) is 1.18. The van der Waals surface area contributed by atoms with Crippen LogP contribution in [0.4, 0.5) is 5.82 Å². The smallest absolute Gasteiger partial charge is 0.374 e. The zero-order valence-corrected chi connectivity index (χ0v) is 7.10. The van der Waals surface area contributed by atoms with Gasteiger partial charge >= 0.3 is 5.97 Å². The van der Waals surface area contributed by atoms with Crippen LogP contribution in [0.1, 0.15) is 10.6 Å². The number of nitrogens with zero attached hydrogens (tertiary/aromatic N) is 2. The van der Waals surface area contributed by atoms with Gasteiger partial charge in [0.25, 0.3) is 0 Å². The Morgan fingerprint density at radius 1 is 1.79 bits per heavy atom. The van der Waals surface area contributed by atoms with Gasteiger partial charge in [-0.3, -0.25) is 4.84 Å². The molecule has 1 aromatic heterocycles. The third kappa shape index (κ3) is 2.73. The predicted molar refractivity (Wildman–Crippen MR) is 47.4 cm³/mol. The van der Waals surface area contributed by atoms with E-state index in [4.69, 9.17) is 16.4 Å². The van der Waals surface area contributed by atoms with Crippen molar-refractivity contribution in [2.75, 3.05) is 12.1 Å². The molecule has 0 saturated carbocycles. The van der Waals surface area contributed by atoms with E-state index in [-0.39, 0.29) is 18.2 Å². The van der Waals surface area contributed by atoms with Gasteiger partial charge in [-0.05, 0) is 0 Å². The first-order valence-corrected chi connectivity index (χ1v) is 3.61. The maximum atomic E-state index is 10.5. The molecule has 0 aliphatic heterocycles. The fraction of sp³-hybridized carbons (Fsp3) is 0.125. The summed E-state index contributed by atoms with van der Waals surface area (Å²) in [5, 5.41) is 8.55. The van der Waals surface area contributed by atoms with Gasteiger partial charge in [0, 0.05) is 12.3 Å². The number of aromatic carboxylic acids is 1. The largest absolute Gasteiger partial charge is 0.475 e. The summed E-state index contributed by atoms with van der Waals surface area (Å²) >= 11 is 0. The minimum absolute atomic E-state index is 0.0619. The average molecular weight is 193 g/mol. The topological polar surface area (TPSA) is 84.3 Å². The molecule has 0 atom stereocenters. The first-order valence-electron chi connectivity index (χ1n) is 3.61. The van der Waals surface area contributed by atoms with Crippen molar-refractivity contribution in [1.82, 2.24) is 9.97 Å². The van der Waals surface area contributed by atoms with Gasteiger partial charge in [0.2, 0.25) is 5.82 Å². The van der Waals surface area contributed by atoms with E-state index in [0.717, 1.165) is 0 Å². The minimum Gasteiger partial charge on any atom is -0.475 e. The van der Waals surface area contributed by atoms with Crippen LogP contribution in [0.15, 0.2) is 12.3 Å². The average Bonchev–Trinajstić information content (AvgIpc) is 2.19. The van der Waals surface area contributed by atoms with E-state index >= 15 is 0 Å². The summed E-state index contributed by atoms with van der Waals surface area (Å²) in [7, 11) is 0. The molecule has 0 spiro atoms. The van der Waals surface area contributed by atoms with Crippen molar-refractivity contribution in [3.05, 3.63) is 18.1 Å². The van der Waals surface area contributed by atoms with E-state index in [1.54, 1.807) is 0 Å². The molecular formula is C8H7N3O3. The lowest BCUT2D eigenvalue weighted by molar-refractivity contribution is 0.0683. The Hall–Kier alpha value is -2.13. The van der Waals surface area contributed by atoms with Crippen LogP contribution in [0.3, 0.4) is 0 Å². The Morgan fingerprint density at radius 2 is 2.57 bits per heavy atom. The van der Waals surface area contributed by atoms with E-state index in [2.05, 4.69) is 21.4 Å². The Morgan fingerprint density at radius 3 is 3.21 bits per heavy atom. The molecule has 0 aromatic carbocycles. The molecule has 0 aliphatic carbocycles. The van der Waals surface area contributed by atoms with E-state index in [0.29, 0.717) is 0 Å². The second-order valence-corrected chi connectivity index (χ2v) is 2.17. The molecule has 0 radical (unpaired) electrons. The fourth-order valence-corrected chi connectivity index (χ4v) is 0.670. The molecule has 0 aliphatic rings. The lowest BCUT2D eigenvalue weighted by atomic mass is 10.5. The third-order valence-corrected chi connectivity index (χ3v) is 1.18. The highest BCUT2D eigenvalue weighted by molar-refractivity contribution is 5.83. The maximum Gasteiger partial charge on any atom is 0.374 e. The maximum absolute atomic E-state index is 10.5. The monoisotopic (exact) mass is 193 g/mol. The van der Waals surface area contributed by atoms with Crippen LogP contribution in [0, 0.1) is 12.3 Å². The molecule has 14 heavy (non-hydrogen) atoms. The second kappa shape index (κ2) is 4.79. The SMILES string of the molecule is C#CCONc1ccnc(C(=O)O)n1. The standard InChI is InChI=1S/C8H7N3O3/c1-2-5-14-11-6-3-4-9-7(10-6)8(12)13/h1,3-4H,5H2,(H,12,13)(H,9,10,11). The van der Waals surface area contributed by atoms with E-state index < -0.39 is 5.97 Å². The van der Waals surface area contributed by atoms with Crippen LogP contribution in [0.25, 0.3) is 0 Å². The number of terminal acetylenes is 1. The fourth-order valence-electron chi connectivity index (χ4n) is 0.670. The number of anilines is 1. The summed E-state index contributed by atoms with van der Waals surface area (Å²) in [6, 6.07) is 1.46. The summed E-state index contributed by atoms with van der Waals surface area (Å²) in [4.78, 5) is 22.3. The van der Waals surface area contributed by atoms with Crippen molar-refractivity contribution in [3.63, 3.8) is 0 Å². The second-order valence-electron chi connectivity index (χ2n) is 2.17. The quantitative estimate of drug-likeness (QED) is 0.402. The number of carbonyl (C=O) groups is 1. The van der Waals surface area contributed by atoms with Crippen molar-refractivity contribution < 1.29 is 14.7 Å². The molecule has 72 valence electrons. The highest BCUT2D eigenvalue weighted by Gasteiger charge is 2.06. The van der Waals surface area contributed by atoms with Crippen molar-refractivity contribution in [3.8, 4) is 12.3 Å². The van der Waals surface area contributed by atoms with Crippen LogP contribution in [-0.4, -0.2) is 27.7 Å². The first kappa shape index (κ1) is 9.95. The van der Waals surface area contributed by atoms with Gasteiger partial charge in [0.1, 0.15) is 6.61 Å². The molecular weight excluding hydrogens is 186 g/mol. The van der Waals surface area contributed by atoms with Crippen LogP contribution in [0.2, 0.25) is 0 Å². The molecule has 1 heterocycles. The van der Waals surface area contributed by atoms with E-state index in [1.807, 2.05) is 0 Å². The minimum atomic E-state index is -1.20. The number of rotatable bonds is 4. The Balaban J connectivity index is 2.65. The molecule has 1 aromatic rings. The Bertz CT molecular complexity index is 372. The summed E-state index contributed by atoms with van der Waals surface area (Å²) in [6.45, 7) is 0.0619. The van der Waals surface area contributed by atoms with Gasteiger partial charge in [0.05, 0.1) is 0 Å². The van der Waals surface area contributed by atoms with Gasteiger partial charge in [-0.15, -0.1) is 6.42 Å². The number of aromatic nitrogens is 2. The summed E-state index contributed by atoms with van der Waals surface area (Å²) in [6.07, 6.45) is 6.23. The van der Waals surface area contributed by atoms with Gasteiger partial charge in [-0.2, -0.15) is 0 Å². The molecule has 0 bridgehead atoms. The number of hydrogen-bond acceptors (Lipinski definition) is 5. The number of hydrogen-bond donors (Lipinski definition) is 2. The zero-order chi connectivity index (χ0) is 10.4. The Labute approximate surface area is 79.9 Å². The van der Waals surface area contributed by atoms with Gasteiger partial charge < -0.3 is 5.11 Å². The Kier molecular flexibility index (Phi) is 3.41. The van der Waals surface area contributed by atoms with E-state index in [1.165, 1.54) is 12.3 Å². The predicted octanol–water partition coefficient (Wildman–Crippen LogP) is 0.151. The molecule has 1 rings (SSSR count). The molecule has 6 nitrogen and oxygen atoms in total. The molecule has 0 unspecified atom stereocenters. The van der Waals surface area contributed by atoms with Gasteiger partial charge in [-0.1, -0.05) is 5.92 Å². The molecule has 2 N–H and O–H groups in total. The van der Waals surface area contributed by atoms with Crippen LogP contribution < -0.4 is 5.48 Å². The van der Waals surface area contributed by atoms with Gasteiger partial charge in [-0.25, -0.2) is 20.2 Å². The highest BCUT2D eigenvalue weighted by Crippen LogP contribution is 2.01. The summed E-state index contributed by atoms with van der Waals surface area (Å²) in [5.74, 6) is 0.965. The lowest BCUT2D eigenvalue weighted by Crippen LogP contribution is -2.08. The molecule has 0 saturated heterocycles. The van der Waals surface area contributed by atoms with E-state index in [9.17, 15) is 4.79 Å². The van der Waals surface area contributed by atoms with Crippen molar-refractivity contribution >= 4 is 11.8 Å². The zero-order valence-electron chi connectivity index (χ0n) is 7.10. The van der Waals surface area contributed by atoms with Crippen LogP contribution >= 0.6 is 0 Å².